The van der Waals surface area contributed by atoms with Crippen molar-refractivity contribution >= 4 is 27.7 Å². The summed E-state index contributed by atoms with van der Waals surface area (Å²) in [5.74, 6) is 0.0820. The fourth-order valence-corrected chi connectivity index (χ4v) is 2.73. The molecule has 2 aromatic heterocycles. The Morgan fingerprint density at radius 2 is 2.00 bits per heavy atom. The number of pyridine rings is 1. The van der Waals surface area contributed by atoms with Crippen LogP contribution in [-0.4, -0.2) is 22.9 Å². The average Bonchev–Trinajstić information content (AvgIpc) is 2.83. The predicted molar refractivity (Wildman–Crippen MR) is 81.1 cm³/mol. The summed E-state index contributed by atoms with van der Waals surface area (Å²) in [5, 5.41) is 4.91. The van der Waals surface area contributed by atoms with E-state index in [1.165, 1.54) is 0 Å². The third kappa shape index (κ3) is 1.76. The zero-order valence-corrected chi connectivity index (χ0v) is 11.8. The van der Waals surface area contributed by atoms with Crippen molar-refractivity contribution in [3.63, 3.8) is 0 Å². The molecule has 102 valence electrons. The number of carbonyl (C=O) groups excluding carboxylic acids is 1. The van der Waals surface area contributed by atoms with Gasteiger partial charge in [-0.2, -0.15) is 0 Å². The molecule has 1 amide bonds. The minimum absolute atomic E-state index is 0.138. The predicted octanol–water partition coefficient (Wildman–Crippen LogP) is 3.20. The highest BCUT2D eigenvalue weighted by Gasteiger charge is 2.20. The van der Waals surface area contributed by atoms with E-state index >= 15 is 0 Å². The number of aromatic amines is 1. The number of aromatic nitrogens is 2. The van der Waals surface area contributed by atoms with Gasteiger partial charge in [0.05, 0.1) is 11.7 Å². The standard InChI is InChI=1S/C16H17N3O/c1-9(2)13-14-10-6-4-5-7-11(10)19-12(14)8-18-15(13)16(20)17-3/h4-9,19H,1-3H3,(H,17,20). The largest absolute Gasteiger partial charge is 0.354 e. The molecule has 0 saturated carbocycles. The molecule has 4 nitrogen and oxygen atoms in total. The zero-order valence-electron chi connectivity index (χ0n) is 11.8. The lowest BCUT2D eigenvalue weighted by Crippen LogP contribution is -2.21. The van der Waals surface area contributed by atoms with Gasteiger partial charge in [0, 0.05) is 23.3 Å². The van der Waals surface area contributed by atoms with Gasteiger partial charge in [-0.1, -0.05) is 32.0 Å². The SMILES string of the molecule is CNC(=O)c1ncc2[nH]c3ccccc3c2c1C(C)C. The normalized spacial score (nSPS) is 11.4. The number of amides is 1. The first-order valence-electron chi connectivity index (χ1n) is 6.75. The summed E-state index contributed by atoms with van der Waals surface area (Å²) in [5.41, 5.74) is 3.56. The molecule has 2 N–H and O–H groups in total. The molecule has 1 aromatic carbocycles. The Kier molecular flexibility index (Phi) is 2.93. The third-order valence-corrected chi connectivity index (χ3v) is 3.60. The quantitative estimate of drug-likeness (QED) is 0.749. The molecule has 0 aliphatic rings. The van der Waals surface area contributed by atoms with Crippen LogP contribution < -0.4 is 5.32 Å². The van der Waals surface area contributed by atoms with E-state index in [9.17, 15) is 4.79 Å². The van der Waals surface area contributed by atoms with Crippen molar-refractivity contribution in [2.45, 2.75) is 19.8 Å². The van der Waals surface area contributed by atoms with Gasteiger partial charge < -0.3 is 10.3 Å². The molecule has 0 atom stereocenters. The number of H-pyrrole nitrogens is 1. The Morgan fingerprint density at radius 1 is 1.25 bits per heavy atom. The molecule has 0 unspecified atom stereocenters. The Bertz CT molecular complexity index is 802. The van der Waals surface area contributed by atoms with Crippen molar-refractivity contribution in [2.75, 3.05) is 7.05 Å². The van der Waals surface area contributed by atoms with E-state index in [0.29, 0.717) is 5.69 Å². The van der Waals surface area contributed by atoms with Gasteiger partial charge in [-0.3, -0.25) is 4.79 Å². The molecule has 0 fully saturated rings. The van der Waals surface area contributed by atoms with E-state index < -0.39 is 0 Å². The van der Waals surface area contributed by atoms with E-state index in [0.717, 1.165) is 27.4 Å². The third-order valence-electron chi connectivity index (χ3n) is 3.60. The van der Waals surface area contributed by atoms with Crippen LogP contribution >= 0.6 is 0 Å². The maximum Gasteiger partial charge on any atom is 0.269 e. The molecule has 0 bridgehead atoms. The van der Waals surface area contributed by atoms with E-state index in [2.05, 4.69) is 35.2 Å². The summed E-state index contributed by atoms with van der Waals surface area (Å²) in [7, 11) is 1.63. The van der Waals surface area contributed by atoms with Crippen LogP contribution in [0.4, 0.5) is 0 Å². The molecule has 3 aromatic rings. The van der Waals surface area contributed by atoms with Crippen LogP contribution in [0.15, 0.2) is 30.5 Å². The van der Waals surface area contributed by atoms with Crippen molar-refractivity contribution in [3.8, 4) is 0 Å². The molecule has 0 radical (unpaired) electrons. The minimum atomic E-state index is -0.138. The van der Waals surface area contributed by atoms with Crippen LogP contribution in [0.3, 0.4) is 0 Å². The molecule has 0 spiro atoms. The number of nitrogens with one attached hydrogen (secondary N) is 2. The summed E-state index contributed by atoms with van der Waals surface area (Å²) in [4.78, 5) is 19.8. The number of nitrogens with zero attached hydrogens (tertiary/aromatic N) is 1. The lowest BCUT2D eigenvalue weighted by atomic mass is 9.95. The number of para-hydroxylation sites is 1. The Balaban J connectivity index is 2.47. The van der Waals surface area contributed by atoms with Crippen molar-refractivity contribution < 1.29 is 4.79 Å². The van der Waals surface area contributed by atoms with Crippen molar-refractivity contribution in [2.24, 2.45) is 0 Å². The van der Waals surface area contributed by atoms with Crippen LogP contribution in [0, 0.1) is 0 Å². The van der Waals surface area contributed by atoms with Crippen molar-refractivity contribution in [3.05, 3.63) is 41.7 Å². The highest BCUT2D eigenvalue weighted by atomic mass is 16.1. The fourth-order valence-electron chi connectivity index (χ4n) is 2.73. The number of fused-ring (bicyclic) bond motifs is 3. The molecule has 0 aliphatic carbocycles. The summed E-state index contributed by atoms with van der Waals surface area (Å²) in [6.45, 7) is 4.18. The second kappa shape index (κ2) is 4.63. The molecule has 0 saturated heterocycles. The van der Waals surface area contributed by atoms with Crippen LogP contribution in [0.1, 0.15) is 35.8 Å². The van der Waals surface area contributed by atoms with Crippen LogP contribution in [0.2, 0.25) is 0 Å². The fraction of sp³-hybridized carbons (Fsp3) is 0.250. The Hall–Kier alpha value is -2.36. The molecular formula is C16H17N3O. The number of benzene rings is 1. The number of carbonyl (C=O) groups is 1. The van der Waals surface area contributed by atoms with Gasteiger partial charge in [-0.15, -0.1) is 0 Å². The summed E-state index contributed by atoms with van der Waals surface area (Å²) >= 11 is 0. The van der Waals surface area contributed by atoms with Gasteiger partial charge in [-0.05, 0) is 17.5 Å². The summed E-state index contributed by atoms with van der Waals surface area (Å²) in [6, 6.07) is 8.13. The average molecular weight is 267 g/mol. The van der Waals surface area contributed by atoms with Crippen molar-refractivity contribution in [1.29, 1.82) is 0 Å². The van der Waals surface area contributed by atoms with Crippen LogP contribution in [0.25, 0.3) is 21.8 Å². The summed E-state index contributed by atoms with van der Waals surface area (Å²) < 4.78 is 0. The lowest BCUT2D eigenvalue weighted by molar-refractivity contribution is 0.0957. The zero-order chi connectivity index (χ0) is 14.3. The maximum absolute atomic E-state index is 12.1. The molecular weight excluding hydrogens is 250 g/mol. The second-order valence-corrected chi connectivity index (χ2v) is 5.21. The van der Waals surface area contributed by atoms with Gasteiger partial charge in [0.2, 0.25) is 0 Å². The smallest absolute Gasteiger partial charge is 0.269 e. The monoisotopic (exact) mass is 267 g/mol. The van der Waals surface area contributed by atoms with E-state index in [4.69, 9.17) is 0 Å². The van der Waals surface area contributed by atoms with Gasteiger partial charge in [-0.25, -0.2) is 4.98 Å². The van der Waals surface area contributed by atoms with E-state index in [1.54, 1.807) is 13.2 Å². The number of hydrogen-bond donors (Lipinski definition) is 2. The highest BCUT2D eigenvalue weighted by Crippen LogP contribution is 2.33. The molecule has 0 aliphatic heterocycles. The Labute approximate surface area is 117 Å². The number of hydrogen-bond acceptors (Lipinski definition) is 2. The first-order chi connectivity index (χ1) is 9.63. The topological polar surface area (TPSA) is 57.8 Å². The highest BCUT2D eigenvalue weighted by molar-refractivity contribution is 6.11. The van der Waals surface area contributed by atoms with E-state index in [1.807, 2.05) is 18.2 Å². The molecule has 20 heavy (non-hydrogen) atoms. The molecule has 3 rings (SSSR count). The van der Waals surface area contributed by atoms with Crippen molar-refractivity contribution in [1.82, 2.24) is 15.3 Å². The van der Waals surface area contributed by atoms with Crippen LogP contribution in [-0.2, 0) is 0 Å². The molecule has 2 heterocycles. The van der Waals surface area contributed by atoms with Gasteiger partial charge in [0.25, 0.3) is 5.91 Å². The molecule has 4 heteroatoms. The van der Waals surface area contributed by atoms with Gasteiger partial charge in [0.15, 0.2) is 0 Å². The van der Waals surface area contributed by atoms with E-state index in [-0.39, 0.29) is 11.8 Å². The van der Waals surface area contributed by atoms with Gasteiger partial charge >= 0.3 is 0 Å². The second-order valence-electron chi connectivity index (χ2n) is 5.21. The van der Waals surface area contributed by atoms with Gasteiger partial charge in [0.1, 0.15) is 5.69 Å². The first kappa shape index (κ1) is 12.7. The maximum atomic E-state index is 12.1. The lowest BCUT2D eigenvalue weighted by Gasteiger charge is -2.12. The first-order valence-corrected chi connectivity index (χ1v) is 6.75. The Morgan fingerprint density at radius 3 is 2.70 bits per heavy atom. The summed E-state index contributed by atoms with van der Waals surface area (Å²) in [6.07, 6.45) is 1.74. The minimum Gasteiger partial charge on any atom is -0.354 e. The van der Waals surface area contributed by atoms with Crippen LogP contribution in [0.5, 0.6) is 0 Å². The number of rotatable bonds is 2.